The van der Waals surface area contributed by atoms with Crippen molar-refractivity contribution in [3.63, 3.8) is 0 Å². The van der Waals surface area contributed by atoms with E-state index in [0.717, 1.165) is 12.1 Å². The molecular formula is C9H5ClF6. The van der Waals surface area contributed by atoms with E-state index >= 15 is 0 Å². The molecule has 0 fully saturated rings. The molecule has 0 radical (unpaired) electrons. The van der Waals surface area contributed by atoms with Crippen molar-refractivity contribution in [3.8, 4) is 0 Å². The molecule has 0 aliphatic carbocycles. The van der Waals surface area contributed by atoms with Crippen LogP contribution in [0.5, 0.6) is 0 Å². The van der Waals surface area contributed by atoms with Gasteiger partial charge in [0.1, 0.15) is 0 Å². The van der Waals surface area contributed by atoms with Gasteiger partial charge >= 0.3 is 12.4 Å². The van der Waals surface area contributed by atoms with Crippen molar-refractivity contribution in [1.29, 1.82) is 0 Å². The van der Waals surface area contributed by atoms with Crippen LogP contribution in [0, 0.1) is 0 Å². The van der Waals surface area contributed by atoms with E-state index in [4.69, 9.17) is 11.6 Å². The van der Waals surface area contributed by atoms with Crippen molar-refractivity contribution in [3.05, 3.63) is 34.3 Å². The maximum Gasteiger partial charge on any atom is 0.417 e. The quantitative estimate of drug-likeness (QED) is 0.655. The molecule has 0 saturated heterocycles. The van der Waals surface area contributed by atoms with Crippen molar-refractivity contribution < 1.29 is 26.3 Å². The van der Waals surface area contributed by atoms with Gasteiger partial charge in [0.05, 0.1) is 17.0 Å². The second-order valence-electron chi connectivity index (χ2n) is 3.10. The van der Waals surface area contributed by atoms with Crippen LogP contribution in [0.15, 0.2) is 18.2 Å². The number of halogens is 7. The predicted molar refractivity (Wildman–Crippen MR) is 46.2 cm³/mol. The standard InChI is InChI=1S/C9H5ClF6/c10-7-2-1-5(4-8(11,12)13)3-6(7)9(14,15)16/h1-3H,4H2. The summed E-state index contributed by atoms with van der Waals surface area (Å²) in [6.45, 7) is 0. The molecule has 0 nitrogen and oxygen atoms in total. The van der Waals surface area contributed by atoms with E-state index in [1.165, 1.54) is 0 Å². The zero-order chi connectivity index (χ0) is 12.6. The van der Waals surface area contributed by atoms with Gasteiger partial charge in [0.25, 0.3) is 0 Å². The monoisotopic (exact) mass is 262 g/mol. The third-order valence-corrected chi connectivity index (χ3v) is 2.07. The topological polar surface area (TPSA) is 0 Å². The van der Waals surface area contributed by atoms with Gasteiger partial charge in [-0.05, 0) is 17.7 Å². The van der Waals surface area contributed by atoms with Crippen LogP contribution in [-0.4, -0.2) is 6.18 Å². The lowest BCUT2D eigenvalue weighted by atomic mass is 10.1. The fourth-order valence-corrected chi connectivity index (χ4v) is 1.36. The van der Waals surface area contributed by atoms with Crippen molar-refractivity contribution >= 4 is 11.6 Å². The highest BCUT2D eigenvalue weighted by molar-refractivity contribution is 6.31. The zero-order valence-electron chi connectivity index (χ0n) is 7.58. The molecule has 0 N–H and O–H groups in total. The molecule has 0 aromatic heterocycles. The normalized spacial score (nSPS) is 12.9. The van der Waals surface area contributed by atoms with Gasteiger partial charge in [0.15, 0.2) is 0 Å². The Hall–Kier alpha value is -0.910. The fraction of sp³-hybridized carbons (Fsp3) is 0.333. The Kier molecular flexibility index (Phi) is 3.42. The summed E-state index contributed by atoms with van der Waals surface area (Å²) in [7, 11) is 0. The van der Waals surface area contributed by atoms with Crippen molar-refractivity contribution in [1.82, 2.24) is 0 Å². The maximum atomic E-state index is 12.3. The molecule has 0 aliphatic heterocycles. The number of hydrogen-bond donors (Lipinski definition) is 0. The largest absolute Gasteiger partial charge is 0.417 e. The first-order valence-corrected chi connectivity index (χ1v) is 4.40. The molecule has 0 atom stereocenters. The average molecular weight is 263 g/mol. The summed E-state index contributed by atoms with van der Waals surface area (Å²) >= 11 is 5.25. The second-order valence-corrected chi connectivity index (χ2v) is 3.51. The highest BCUT2D eigenvalue weighted by atomic mass is 35.5. The molecule has 0 amide bonds. The molecule has 1 aromatic rings. The summed E-state index contributed by atoms with van der Waals surface area (Å²) in [4.78, 5) is 0. The highest BCUT2D eigenvalue weighted by Crippen LogP contribution is 2.36. The minimum absolute atomic E-state index is 0.413. The Balaban J connectivity index is 3.09. The van der Waals surface area contributed by atoms with Crippen LogP contribution in [0.1, 0.15) is 11.1 Å². The first-order valence-electron chi connectivity index (χ1n) is 4.02. The molecule has 0 spiro atoms. The van der Waals surface area contributed by atoms with E-state index in [1.54, 1.807) is 0 Å². The Morgan fingerprint density at radius 1 is 1.00 bits per heavy atom. The van der Waals surface area contributed by atoms with Crippen LogP contribution in [-0.2, 0) is 12.6 Å². The van der Waals surface area contributed by atoms with Crippen molar-refractivity contribution in [2.45, 2.75) is 18.8 Å². The zero-order valence-corrected chi connectivity index (χ0v) is 8.34. The van der Waals surface area contributed by atoms with E-state index in [-0.39, 0.29) is 0 Å². The summed E-state index contributed by atoms with van der Waals surface area (Å²) in [5, 5.41) is -0.613. The van der Waals surface area contributed by atoms with Gasteiger partial charge in [0.2, 0.25) is 0 Å². The van der Waals surface area contributed by atoms with Gasteiger partial charge in [-0.2, -0.15) is 26.3 Å². The van der Waals surface area contributed by atoms with E-state index in [2.05, 4.69) is 0 Å². The molecule has 1 aromatic carbocycles. The van der Waals surface area contributed by atoms with Crippen LogP contribution < -0.4 is 0 Å². The summed E-state index contributed by atoms with van der Waals surface area (Å²) < 4.78 is 72.8. The van der Waals surface area contributed by atoms with Crippen LogP contribution in [0.4, 0.5) is 26.3 Å². The molecule has 0 unspecified atom stereocenters. The molecule has 0 heterocycles. The minimum atomic E-state index is -4.75. The highest BCUT2D eigenvalue weighted by Gasteiger charge is 2.35. The van der Waals surface area contributed by atoms with Crippen LogP contribution in [0.3, 0.4) is 0 Å². The summed E-state index contributed by atoms with van der Waals surface area (Å²) in [5.41, 5.74) is -1.72. The predicted octanol–water partition coefficient (Wildman–Crippen LogP) is 4.46. The van der Waals surface area contributed by atoms with Gasteiger partial charge < -0.3 is 0 Å². The lowest BCUT2D eigenvalue weighted by molar-refractivity contribution is -0.138. The van der Waals surface area contributed by atoms with E-state index in [0.29, 0.717) is 6.07 Å². The molecule has 16 heavy (non-hydrogen) atoms. The number of alkyl halides is 6. The van der Waals surface area contributed by atoms with E-state index in [9.17, 15) is 26.3 Å². The Bertz CT molecular complexity index is 379. The van der Waals surface area contributed by atoms with Gasteiger partial charge in [-0.15, -0.1) is 0 Å². The van der Waals surface area contributed by atoms with Crippen LogP contribution in [0.2, 0.25) is 5.02 Å². The summed E-state index contributed by atoms with van der Waals surface area (Å²) in [6.07, 6.45) is -10.7. The lowest BCUT2D eigenvalue weighted by Crippen LogP contribution is -2.13. The minimum Gasteiger partial charge on any atom is -0.171 e. The van der Waals surface area contributed by atoms with Crippen molar-refractivity contribution in [2.75, 3.05) is 0 Å². The van der Waals surface area contributed by atoms with Crippen LogP contribution >= 0.6 is 11.6 Å². The molecular weight excluding hydrogens is 258 g/mol. The van der Waals surface area contributed by atoms with E-state index in [1.807, 2.05) is 0 Å². The lowest BCUT2D eigenvalue weighted by Gasteiger charge is -2.12. The first kappa shape index (κ1) is 13.2. The Morgan fingerprint density at radius 2 is 1.56 bits per heavy atom. The van der Waals surface area contributed by atoms with Gasteiger partial charge in [-0.25, -0.2) is 0 Å². The van der Waals surface area contributed by atoms with Gasteiger partial charge in [0, 0.05) is 0 Å². The van der Waals surface area contributed by atoms with Gasteiger partial charge in [-0.1, -0.05) is 17.7 Å². The van der Waals surface area contributed by atoms with Crippen molar-refractivity contribution in [2.24, 2.45) is 0 Å². The molecule has 0 aliphatic rings. The molecule has 90 valence electrons. The Labute approximate surface area is 91.8 Å². The number of hydrogen-bond acceptors (Lipinski definition) is 0. The third kappa shape index (κ3) is 3.59. The summed E-state index contributed by atoms with van der Waals surface area (Å²) in [5.74, 6) is 0. The molecule has 7 heteroatoms. The van der Waals surface area contributed by atoms with Crippen LogP contribution in [0.25, 0.3) is 0 Å². The molecule has 0 bridgehead atoms. The average Bonchev–Trinajstić information content (AvgIpc) is 2.04. The first-order chi connectivity index (χ1) is 7.09. The second kappa shape index (κ2) is 4.16. The smallest absolute Gasteiger partial charge is 0.171 e. The Morgan fingerprint density at radius 3 is 2.00 bits per heavy atom. The fourth-order valence-electron chi connectivity index (χ4n) is 1.13. The SMILES string of the molecule is FC(F)(F)Cc1ccc(Cl)c(C(F)(F)F)c1. The molecule has 1 rings (SSSR count). The van der Waals surface area contributed by atoms with E-state index < -0.39 is 34.9 Å². The maximum absolute atomic E-state index is 12.3. The number of rotatable bonds is 1. The number of benzene rings is 1. The summed E-state index contributed by atoms with van der Waals surface area (Å²) in [6, 6.07) is 2.15. The third-order valence-electron chi connectivity index (χ3n) is 1.74. The van der Waals surface area contributed by atoms with Gasteiger partial charge in [-0.3, -0.25) is 0 Å². The molecule has 0 saturated carbocycles.